The number of benzene rings is 2. The van der Waals surface area contributed by atoms with Crippen molar-refractivity contribution in [3.8, 4) is 11.4 Å². The van der Waals surface area contributed by atoms with E-state index < -0.39 is 5.97 Å². The first kappa shape index (κ1) is 19.8. The first-order chi connectivity index (χ1) is 13.9. The van der Waals surface area contributed by atoms with Crippen LogP contribution in [0.15, 0.2) is 55.1 Å². The van der Waals surface area contributed by atoms with Crippen molar-refractivity contribution in [2.45, 2.75) is 13.0 Å². The quantitative estimate of drug-likeness (QED) is 0.266. The van der Waals surface area contributed by atoms with Crippen molar-refractivity contribution < 1.29 is 14.7 Å². The lowest BCUT2D eigenvalue weighted by Crippen LogP contribution is -2.25. The number of aliphatic carboxylic acids is 1. The van der Waals surface area contributed by atoms with Gasteiger partial charge >= 0.3 is 5.97 Å². The Balaban J connectivity index is 1.97. The normalized spacial score (nSPS) is 10.6. The molecule has 8 nitrogen and oxygen atoms in total. The van der Waals surface area contributed by atoms with Crippen molar-refractivity contribution in [1.82, 2.24) is 14.9 Å². The molecule has 5 N–H and O–H groups in total. The summed E-state index contributed by atoms with van der Waals surface area (Å²) >= 11 is 0. The SMILES string of the molecule is C=CCn1c(-c2ccc(C(=N)N)cc2)nc2cc(C(=O)NCCC(=O)O)ccc21. The third-order valence-electron chi connectivity index (χ3n) is 4.40. The Morgan fingerprint density at radius 3 is 2.52 bits per heavy atom. The first-order valence-corrected chi connectivity index (χ1v) is 8.96. The van der Waals surface area contributed by atoms with Gasteiger partial charge in [-0.05, 0) is 18.2 Å². The monoisotopic (exact) mass is 391 g/mol. The van der Waals surface area contributed by atoms with Gasteiger partial charge in [-0.25, -0.2) is 4.98 Å². The van der Waals surface area contributed by atoms with E-state index in [0.29, 0.717) is 29.0 Å². The van der Waals surface area contributed by atoms with Gasteiger partial charge in [0.1, 0.15) is 11.7 Å². The van der Waals surface area contributed by atoms with Crippen molar-refractivity contribution in [3.05, 3.63) is 66.2 Å². The van der Waals surface area contributed by atoms with Gasteiger partial charge in [0.25, 0.3) is 5.91 Å². The maximum atomic E-state index is 12.3. The number of fused-ring (bicyclic) bond motifs is 1. The summed E-state index contributed by atoms with van der Waals surface area (Å²) in [6, 6.07) is 12.4. The molecule has 0 atom stereocenters. The Morgan fingerprint density at radius 1 is 1.21 bits per heavy atom. The summed E-state index contributed by atoms with van der Waals surface area (Å²) in [6.45, 7) is 4.40. The number of carbonyl (C=O) groups is 2. The lowest BCUT2D eigenvalue weighted by Gasteiger charge is -2.08. The minimum atomic E-state index is -0.968. The number of nitrogens with zero attached hydrogens (tertiary/aromatic N) is 2. The average Bonchev–Trinajstić information content (AvgIpc) is 3.05. The maximum absolute atomic E-state index is 12.3. The molecule has 0 fully saturated rings. The number of nitrogens with one attached hydrogen (secondary N) is 2. The molecule has 148 valence electrons. The number of carboxylic acids is 1. The van der Waals surface area contributed by atoms with Crippen LogP contribution in [0.2, 0.25) is 0 Å². The molecule has 0 saturated carbocycles. The molecule has 1 amide bonds. The van der Waals surface area contributed by atoms with Gasteiger partial charge in [-0.2, -0.15) is 0 Å². The molecular formula is C21H21N5O3. The second-order valence-corrected chi connectivity index (χ2v) is 6.43. The summed E-state index contributed by atoms with van der Waals surface area (Å²) in [5.41, 5.74) is 8.88. The van der Waals surface area contributed by atoms with Crippen molar-refractivity contribution in [2.24, 2.45) is 5.73 Å². The van der Waals surface area contributed by atoms with Gasteiger partial charge in [-0.15, -0.1) is 6.58 Å². The molecule has 29 heavy (non-hydrogen) atoms. The number of imidazole rings is 1. The number of nitrogens with two attached hydrogens (primary N) is 1. The minimum absolute atomic E-state index is 0.00491. The van der Waals surface area contributed by atoms with Gasteiger partial charge in [0.15, 0.2) is 0 Å². The minimum Gasteiger partial charge on any atom is -0.481 e. The Morgan fingerprint density at radius 2 is 1.90 bits per heavy atom. The number of amidine groups is 1. The number of hydrogen-bond donors (Lipinski definition) is 4. The van der Waals surface area contributed by atoms with Gasteiger partial charge in [-0.3, -0.25) is 15.0 Å². The number of aromatic nitrogens is 2. The third kappa shape index (κ3) is 4.32. The lowest BCUT2D eigenvalue weighted by molar-refractivity contribution is -0.136. The van der Waals surface area contributed by atoms with Crippen LogP contribution in [0, 0.1) is 5.41 Å². The van der Waals surface area contributed by atoms with Gasteiger partial charge in [0, 0.05) is 29.8 Å². The maximum Gasteiger partial charge on any atom is 0.305 e. The van der Waals surface area contributed by atoms with Crippen LogP contribution in [-0.2, 0) is 11.3 Å². The number of rotatable bonds is 8. The highest BCUT2D eigenvalue weighted by molar-refractivity contribution is 5.98. The molecule has 0 radical (unpaired) electrons. The zero-order chi connectivity index (χ0) is 21.0. The molecule has 0 saturated heterocycles. The summed E-state index contributed by atoms with van der Waals surface area (Å²) in [7, 11) is 0. The molecule has 0 aliphatic heterocycles. The molecule has 0 spiro atoms. The predicted molar refractivity (Wildman–Crippen MR) is 111 cm³/mol. The molecule has 0 aliphatic carbocycles. The van der Waals surface area contributed by atoms with Crippen LogP contribution in [0.4, 0.5) is 0 Å². The summed E-state index contributed by atoms with van der Waals surface area (Å²) in [6.07, 6.45) is 1.63. The molecule has 1 heterocycles. The smallest absolute Gasteiger partial charge is 0.305 e. The molecule has 3 aromatic rings. The number of allylic oxidation sites excluding steroid dienone is 1. The van der Waals surface area contributed by atoms with E-state index in [0.717, 1.165) is 11.1 Å². The molecule has 3 rings (SSSR count). The molecule has 0 aliphatic rings. The highest BCUT2D eigenvalue weighted by Crippen LogP contribution is 2.26. The number of nitrogen functional groups attached to an aromatic ring is 1. The second kappa shape index (κ2) is 8.39. The van der Waals surface area contributed by atoms with Gasteiger partial charge < -0.3 is 20.7 Å². The molecule has 2 aromatic carbocycles. The van der Waals surface area contributed by atoms with E-state index in [2.05, 4.69) is 16.9 Å². The Bertz CT molecular complexity index is 1100. The van der Waals surface area contributed by atoms with Gasteiger partial charge in [-0.1, -0.05) is 30.3 Å². The standard InChI is InChI=1S/C21H21N5O3/c1-2-11-26-17-8-7-15(21(29)24-10-9-18(27)28)12-16(17)25-20(26)14-5-3-13(4-6-14)19(22)23/h2-8,12H,1,9-11H2,(H3,22,23)(H,24,29)(H,27,28). The van der Waals surface area contributed by atoms with E-state index in [1.54, 1.807) is 30.3 Å². The zero-order valence-corrected chi connectivity index (χ0v) is 15.7. The second-order valence-electron chi connectivity index (χ2n) is 6.43. The summed E-state index contributed by atoms with van der Waals surface area (Å²) in [4.78, 5) is 27.6. The van der Waals surface area contributed by atoms with E-state index >= 15 is 0 Å². The Labute approximate surface area is 167 Å². The van der Waals surface area contributed by atoms with E-state index in [1.165, 1.54) is 0 Å². The van der Waals surface area contributed by atoms with Crippen LogP contribution in [0.25, 0.3) is 22.4 Å². The average molecular weight is 391 g/mol. The van der Waals surface area contributed by atoms with E-state index in [-0.39, 0.29) is 24.7 Å². The van der Waals surface area contributed by atoms with E-state index in [1.807, 2.05) is 22.8 Å². The molecular weight excluding hydrogens is 370 g/mol. The number of hydrogen-bond acceptors (Lipinski definition) is 4. The van der Waals surface area contributed by atoms with E-state index in [4.69, 9.17) is 16.2 Å². The topological polar surface area (TPSA) is 134 Å². The first-order valence-electron chi connectivity index (χ1n) is 8.96. The summed E-state index contributed by atoms with van der Waals surface area (Å²) in [5.74, 6) is -0.615. The van der Waals surface area contributed by atoms with Gasteiger partial charge in [0.05, 0.1) is 17.5 Å². The van der Waals surface area contributed by atoms with Crippen LogP contribution in [-0.4, -0.2) is 38.9 Å². The number of amides is 1. The lowest BCUT2D eigenvalue weighted by atomic mass is 10.1. The van der Waals surface area contributed by atoms with Crippen molar-refractivity contribution in [1.29, 1.82) is 5.41 Å². The molecule has 0 bridgehead atoms. The Kier molecular flexibility index (Phi) is 5.73. The van der Waals surface area contributed by atoms with E-state index in [9.17, 15) is 9.59 Å². The number of carboxylic acid groups (broad SMARTS) is 1. The molecule has 0 unspecified atom stereocenters. The van der Waals surface area contributed by atoms with Crippen LogP contribution in [0.3, 0.4) is 0 Å². The fraction of sp³-hybridized carbons (Fsp3) is 0.143. The number of carbonyl (C=O) groups excluding carboxylic acids is 1. The largest absolute Gasteiger partial charge is 0.481 e. The summed E-state index contributed by atoms with van der Waals surface area (Å²) < 4.78 is 1.98. The van der Waals surface area contributed by atoms with Crippen LogP contribution >= 0.6 is 0 Å². The molecule has 8 heteroatoms. The highest BCUT2D eigenvalue weighted by Gasteiger charge is 2.15. The van der Waals surface area contributed by atoms with Gasteiger partial charge in [0.2, 0.25) is 0 Å². The van der Waals surface area contributed by atoms with Crippen molar-refractivity contribution >= 4 is 28.7 Å². The fourth-order valence-electron chi connectivity index (χ4n) is 2.99. The van der Waals surface area contributed by atoms with Crippen molar-refractivity contribution in [2.75, 3.05) is 6.54 Å². The van der Waals surface area contributed by atoms with Crippen molar-refractivity contribution in [3.63, 3.8) is 0 Å². The highest BCUT2D eigenvalue weighted by atomic mass is 16.4. The van der Waals surface area contributed by atoms with Crippen LogP contribution < -0.4 is 11.1 Å². The van der Waals surface area contributed by atoms with Crippen LogP contribution in [0.1, 0.15) is 22.3 Å². The summed E-state index contributed by atoms with van der Waals surface area (Å²) in [5, 5.41) is 18.8. The van der Waals surface area contributed by atoms with Crippen LogP contribution in [0.5, 0.6) is 0 Å². The predicted octanol–water partition coefficient (Wildman–Crippen LogP) is 2.38. The third-order valence-corrected chi connectivity index (χ3v) is 4.40. The zero-order valence-electron chi connectivity index (χ0n) is 15.7. The molecule has 1 aromatic heterocycles. The fourth-order valence-corrected chi connectivity index (χ4v) is 2.99. The Hall–Kier alpha value is -3.94.